The smallest absolute Gasteiger partial charge is 0.262 e. The molecule has 1 atom stereocenters. The molecule has 0 spiro atoms. The lowest BCUT2D eigenvalue weighted by atomic mass is 11.2. The first-order valence-corrected chi connectivity index (χ1v) is 2.35. The molecule has 7 heteroatoms. The van der Waals surface area contributed by atoms with E-state index in [-0.39, 0.29) is 0 Å². The fourth-order valence-electron chi connectivity index (χ4n) is 0.0713. The van der Waals surface area contributed by atoms with Crippen LogP contribution in [-0.2, 0) is 0 Å². The second-order valence-corrected chi connectivity index (χ2v) is 1.67. The molecular weight excluding hydrogens is 190 g/mol. The summed E-state index contributed by atoms with van der Waals surface area (Å²) in [5, 5.41) is 5.74. The lowest BCUT2D eigenvalue weighted by Gasteiger charge is -1.97. The Labute approximate surface area is 51.2 Å². The molecule has 0 amide bonds. The molecule has 1 unspecified atom stereocenters. The van der Waals surface area contributed by atoms with Crippen LogP contribution in [0.3, 0.4) is 0 Å². The van der Waals surface area contributed by atoms with E-state index in [0.717, 1.165) is 0 Å². The van der Waals surface area contributed by atoms with Crippen molar-refractivity contribution < 1.29 is 13.9 Å². The van der Waals surface area contributed by atoms with Gasteiger partial charge in [-0.2, -0.15) is 0 Å². The van der Waals surface area contributed by atoms with Crippen LogP contribution in [0.15, 0.2) is 0 Å². The average molecular weight is 191 g/mol. The monoisotopic (exact) mass is 190 g/mol. The Morgan fingerprint density at radius 3 is 2.12 bits per heavy atom. The Balaban J connectivity index is 3.64. The molecular formula is CHBrF2N2O2. The van der Waals surface area contributed by atoms with Crippen LogP contribution in [0, 0.1) is 10.1 Å². The van der Waals surface area contributed by atoms with Gasteiger partial charge < -0.3 is 0 Å². The number of nitro groups is 1. The van der Waals surface area contributed by atoms with E-state index in [2.05, 4.69) is 15.9 Å². The van der Waals surface area contributed by atoms with Gasteiger partial charge in [0.1, 0.15) is 5.34 Å². The van der Waals surface area contributed by atoms with E-state index >= 15 is 0 Å². The van der Waals surface area contributed by atoms with Gasteiger partial charge in [0, 0.05) is 15.9 Å². The van der Waals surface area contributed by atoms with Crippen molar-refractivity contribution in [3.05, 3.63) is 10.1 Å². The minimum absolute atomic E-state index is 1.17. The number of alkyl halides is 1. The quantitative estimate of drug-likeness (QED) is 0.163. The number of rotatable bonds is 2. The van der Waals surface area contributed by atoms with Crippen LogP contribution in [0.1, 0.15) is 0 Å². The summed E-state index contributed by atoms with van der Waals surface area (Å²) in [5.74, 6) is 0. The molecule has 0 aliphatic rings. The first-order chi connectivity index (χ1) is 3.55. The molecule has 0 aromatic carbocycles. The highest BCUT2D eigenvalue weighted by molar-refractivity contribution is 9.09. The minimum atomic E-state index is -2.09. The number of hydrogen-bond donors (Lipinski definition) is 0. The molecule has 48 valence electrons. The molecule has 0 aromatic heterocycles. The van der Waals surface area contributed by atoms with Gasteiger partial charge in [0.25, 0.3) is 0 Å². The number of halogens is 3. The highest BCUT2D eigenvalue weighted by Crippen LogP contribution is 2.07. The maximum Gasteiger partial charge on any atom is 0.375 e. The van der Waals surface area contributed by atoms with Crippen LogP contribution < -0.4 is 0 Å². The van der Waals surface area contributed by atoms with E-state index < -0.39 is 15.3 Å². The third-order valence-corrected chi connectivity index (χ3v) is 0.979. The summed E-state index contributed by atoms with van der Waals surface area (Å²) in [6.07, 6.45) is 0. The van der Waals surface area contributed by atoms with Crippen molar-refractivity contribution in [2.75, 3.05) is 0 Å². The lowest BCUT2D eigenvalue weighted by Crippen LogP contribution is -2.22. The molecule has 0 saturated heterocycles. The van der Waals surface area contributed by atoms with E-state index in [1.54, 1.807) is 0 Å². The van der Waals surface area contributed by atoms with Crippen LogP contribution >= 0.6 is 15.9 Å². The van der Waals surface area contributed by atoms with Crippen LogP contribution in [-0.4, -0.2) is 15.3 Å². The normalized spacial score (nSPS) is 14.0. The Bertz CT molecular complexity index is 98.0. The molecule has 0 bridgehead atoms. The first kappa shape index (κ1) is 7.70. The molecule has 0 aliphatic carbocycles. The highest BCUT2D eigenvalue weighted by atomic mass is 79.9. The van der Waals surface area contributed by atoms with E-state index in [4.69, 9.17) is 0 Å². The maximum absolute atomic E-state index is 11.0. The fourth-order valence-corrected chi connectivity index (χ4v) is 0.0713. The predicted octanol–water partition coefficient (Wildman–Crippen LogP) is 1.01. The van der Waals surface area contributed by atoms with Crippen molar-refractivity contribution >= 4 is 15.9 Å². The van der Waals surface area contributed by atoms with E-state index in [1.165, 1.54) is 0 Å². The van der Waals surface area contributed by atoms with Gasteiger partial charge in [0.2, 0.25) is 0 Å². The van der Waals surface area contributed by atoms with Gasteiger partial charge in [-0.05, 0) is 0 Å². The van der Waals surface area contributed by atoms with Crippen molar-refractivity contribution in [3.63, 3.8) is 0 Å². The van der Waals surface area contributed by atoms with Crippen molar-refractivity contribution in [2.45, 2.75) is 5.08 Å². The third kappa shape index (κ3) is 2.12. The maximum atomic E-state index is 11.0. The van der Waals surface area contributed by atoms with Crippen LogP contribution in [0.2, 0.25) is 0 Å². The van der Waals surface area contributed by atoms with Crippen molar-refractivity contribution in [1.29, 1.82) is 0 Å². The lowest BCUT2D eigenvalue weighted by molar-refractivity contribution is -0.551. The van der Waals surface area contributed by atoms with Crippen LogP contribution in [0.25, 0.3) is 0 Å². The van der Waals surface area contributed by atoms with Gasteiger partial charge in [-0.3, -0.25) is 10.1 Å². The molecule has 0 aromatic rings. The van der Waals surface area contributed by atoms with Crippen molar-refractivity contribution in [1.82, 2.24) is 5.34 Å². The molecule has 0 fully saturated rings. The van der Waals surface area contributed by atoms with Crippen molar-refractivity contribution in [3.8, 4) is 0 Å². The van der Waals surface area contributed by atoms with Gasteiger partial charge in [0.15, 0.2) is 0 Å². The highest BCUT2D eigenvalue weighted by Gasteiger charge is 2.24. The largest absolute Gasteiger partial charge is 0.375 e. The van der Waals surface area contributed by atoms with Crippen LogP contribution in [0.4, 0.5) is 8.96 Å². The van der Waals surface area contributed by atoms with Gasteiger partial charge in [-0.15, -0.1) is 0 Å². The van der Waals surface area contributed by atoms with Crippen LogP contribution in [0.5, 0.6) is 0 Å². The molecule has 4 nitrogen and oxygen atoms in total. The molecule has 8 heavy (non-hydrogen) atoms. The fraction of sp³-hybridized carbons (Fsp3) is 1.00. The summed E-state index contributed by atoms with van der Waals surface area (Å²) in [7, 11) is 0. The molecule has 0 saturated carbocycles. The summed E-state index contributed by atoms with van der Waals surface area (Å²) >= 11 is 2.08. The Hall–Kier alpha value is -0.300. The summed E-state index contributed by atoms with van der Waals surface area (Å²) in [6, 6.07) is 0. The second-order valence-electron chi connectivity index (χ2n) is 0.855. The molecule has 0 aliphatic heterocycles. The summed E-state index contributed by atoms with van der Waals surface area (Å²) in [6.45, 7) is 0. The summed E-state index contributed by atoms with van der Waals surface area (Å²) in [5.41, 5.74) is 0. The van der Waals surface area contributed by atoms with E-state index in [9.17, 15) is 19.1 Å². The number of nitrogens with zero attached hydrogens (tertiary/aromatic N) is 2. The van der Waals surface area contributed by atoms with E-state index in [1.807, 2.05) is 0 Å². The van der Waals surface area contributed by atoms with Gasteiger partial charge in [-0.25, -0.2) is 0 Å². The van der Waals surface area contributed by atoms with Crippen molar-refractivity contribution in [2.24, 2.45) is 0 Å². The molecule has 0 radical (unpaired) electrons. The Kier molecular flexibility index (Phi) is 2.77. The SMILES string of the molecule is O=[N+]([O-])C(Br)N(F)F. The zero-order valence-corrected chi connectivity index (χ0v) is 5.01. The topological polar surface area (TPSA) is 46.4 Å². The summed E-state index contributed by atoms with van der Waals surface area (Å²) in [4.78, 5) is 8.21. The zero-order chi connectivity index (χ0) is 6.73. The molecule has 0 heterocycles. The minimum Gasteiger partial charge on any atom is -0.262 e. The first-order valence-electron chi connectivity index (χ1n) is 1.44. The van der Waals surface area contributed by atoms with Gasteiger partial charge in [-0.1, -0.05) is 8.96 Å². The summed E-state index contributed by atoms with van der Waals surface area (Å²) < 4.78 is 22.0. The second kappa shape index (κ2) is 2.88. The average Bonchev–Trinajstić information content (AvgIpc) is 1.64. The third-order valence-electron chi connectivity index (χ3n) is 0.335. The van der Waals surface area contributed by atoms with E-state index in [0.29, 0.717) is 0 Å². The zero-order valence-electron chi connectivity index (χ0n) is 3.42. The predicted molar refractivity (Wildman–Crippen MR) is 23.8 cm³/mol. The number of hydrogen-bond acceptors (Lipinski definition) is 3. The standard InChI is InChI=1S/CHBrF2N2O2/c2-1(5(3)4)6(7)8/h1H. The Morgan fingerprint density at radius 2 is 2.12 bits per heavy atom. The van der Waals surface area contributed by atoms with Gasteiger partial charge >= 0.3 is 5.08 Å². The molecule has 0 N–H and O–H groups in total. The van der Waals surface area contributed by atoms with Gasteiger partial charge in [0.05, 0.1) is 4.92 Å². The Morgan fingerprint density at radius 1 is 1.75 bits per heavy atom. The molecule has 0 rings (SSSR count).